The zero-order chi connectivity index (χ0) is 27.9. The molecule has 0 unspecified atom stereocenters. The highest BCUT2D eigenvalue weighted by molar-refractivity contribution is 5.95. The monoisotopic (exact) mass is 519 g/mol. The number of rotatable bonds is 6. The third-order valence-corrected chi connectivity index (χ3v) is 7.16. The van der Waals surface area contributed by atoms with Crippen molar-refractivity contribution in [3.05, 3.63) is 86.2 Å². The van der Waals surface area contributed by atoms with Crippen LogP contribution in [0.1, 0.15) is 82.0 Å². The maximum absolute atomic E-state index is 12.9. The number of amides is 2. The van der Waals surface area contributed by atoms with Crippen LogP contribution in [0, 0.1) is 0 Å². The molecule has 1 aliphatic rings. The first-order chi connectivity index (χ1) is 17.9. The molecular formula is C29H37N5O4. The lowest BCUT2D eigenvalue weighted by atomic mass is 9.67. The van der Waals surface area contributed by atoms with Crippen molar-refractivity contribution in [2.45, 2.75) is 57.5 Å². The maximum atomic E-state index is 12.9. The lowest BCUT2D eigenvalue weighted by Crippen LogP contribution is -2.40. The molecule has 9 nitrogen and oxygen atoms in total. The minimum absolute atomic E-state index is 0.0910. The fraction of sp³-hybridized carbons (Fsp3) is 0.448. The van der Waals surface area contributed by atoms with Gasteiger partial charge in [-0.05, 0) is 86.6 Å². The van der Waals surface area contributed by atoms with E-state index in [1.807, 2.05) is 57.2 Å². The van der Waals surface area contributed by atoms with Crippen molar-refractivity contribution < 1.29 is 14.1 Å². The van der Waals surface area contributed by atoms with Crippen LogP contribution in [-0.2, 0) is 18.3 Å². The van der Waals surface area contributed by atoms with Gasteiger partial charge in [-0.15, -0.1) is 0 Å². The van der Waals surface area contributed by atoms with Gasteiger partial charge in [-0.1, -0.05) is 12.1 Å². The van der Waals surface area contributed by atoms with Crippen LogP contribution in [0.3, 0.4) is 0 Å². The molecule has 38 heavy (non-hydrogen) atoms. The van der Waals surface area contributed by atoms with Gasteiger partial charge in [-0.2, -0.15) is 9.72 Å². The second kappa shape index (κ2) is 10.2. The molecule has 202 valence electrons. The molecule has 1 heterocycles. The second-order valence-electron chi connectivity index (χ2n) is 10.9. The van der Waals surface area contributed by atoms with Gasteiger partial charge in [0, 0.05) is 45.4 Å². The Morgan fingerprint density at radius 3 is 1.82 bits per heavy atom. The van der Waals surface area contributed by atoms with Crippen molar-refractivity contribution in [2.75, 3.05) is 28.2 Å². The van der Waals surface area contributed by atoms with Crippen LogP contribution in [0.5, 0.6) is 0 Å². The third-order valence-electron chi connectivity index (χ3n) is 7.16. The average Bonchev–Trinajstić information content (AvgIpc) is 3.21. The van der Waals surface area contributed by atoms with E-state index in [-0.39, 0.29) is 23.9 Å². The van der Waals surface area contributed by atoms with Crippen molar-refractivity contribution in [2.24, 2.45) is 5.73 Å². The molecule has 4 rings (SSSR count). The zero-order valence-corrected chi connectivity index (χ0v) is 23.2. The lowest BCUT2D eigenvalue weighted by molar-refractivity contribution is 0.0820. The molecule has 0 fully saturated rings. The predicted octanol–water partition coefficient (Wildman–Crippen LogP) is 2.99. The summed E-state index contributed by atoms with van der Waals surface area (Å²) in [5.74, 6) is -0.389. The Kier molecular flexibility index (Phi) is 7.34. The number of aryl methyl sites for hydroxylation is 2. The summed E-state index contributed by atoms with van der Waals surface area (Å²) in [5.41, 5.74) is 10.5. The van der Waals surface area contributed by atoms with E-state index < -0.39 is 11.2 Å². The fourth-order valence-corrected chi connectivity index (χ4v) is 5.58. The number of hydrogen-bond donors (Lipinski definition) is 1. The number of aromatic nitrogens is 2. The normalized spacial score (nSPS) is 14.9. The highest BCUT2D eigenvalue weighted by Gasteiger charge is 2.46. The first-order valence-electron chi connectivity index (χ1n) is 12.9. The number of carbonyl (C=O) groups excluding carboxylic acids is 2. The molecular weight excluding hydrogens is 482 g/mol. The van der Waals surface area contributed by atoms with Gasteiger partial charge >= 0.3 is 5.76 Å². The van der Waals surface area contributed by atoms with Crippen LogP contribution >= 0.6 is 0 Å². The van der Waals surface area contributed by atoms with Crippen LogP contribution in [0.15, 0.2) is 45.7 Å². The number of carbonyl (C=O) groups is 2. The quantitative estimate of drug-likeness (QED) is 0.536. The van der Waals surface area contributed by atoms with E-state index in [1.165, 1.54) is 0 Å². The van der Waals surface area contributed by atoms with Crippen molar-refractivity contribution in [1.82, 2.24) is 19.5 Å². The van der Waals surface area contributed by atoms with E-state index in [9.17, 15) is 14.4 Å². The number of benzene rings is 2. The van der Waals surface area contributed by atoms with Gasteiger partial charge in [-0.3, -0.25) is 9.59 Å². The van der Waals surface area contributed by atoms with Crippen LogP contribution < -0.4 is 11.5 Å². The molecule has 2 amide bonds. The summed E-state index contributed by atoms with van der Waals surface area (Å²) >= 11 is 0. The second-order valence-corrected chi connectivity index (χ2v) is 10.9. The van der Waals surface area contributed by atoms with Crippen LogP contribution in [-0.4, -0.2) is 65.6 Å². The van der Waals surface area contributed by atoms with E-state index in [0.29, 0.717) is 36.2 Å². The molecule has 0 saturated heterocycles. The van der Waals surface area contributed by atoms with Gasteiger partial charge in [0.2, 0.25) is 0 Å². The van der Waals surface area contributed by atoms with Crippen molar-refractivity contribution in [1.29, 1.82) is 0 Å². The molecule has 9 heteroatoms. The Balaban J connectivity index is 2.11. The molecule has 1 aliphatic carbocycles. The summed E-state index contributed by atoms with van der Waals surface area (Å²) in [7, 11) is 6.91. The molecule has 1 atom stereocenters. The van der Waals surface area contributed by atoms with Gasteiger partial charge in [0.1, 0.15) is 0 Å². The third kappa shape index (κ3) is 4.67. The van der Waals surface area contributed by atoms with E-state index in [1.54, 1.807) is 42.7 Å². The van der Waals surface area contributed by atoms with Gasteiger partial charge in [0.25, 0.3) is 11.8 Å². The highest BCUT2D eigenvalue weighted by atomic mass is 16.5. The zero-order valence-electron chi connectivity index (χ0n) is 23.2. The summed E-state index contributed by atoms with van der Waals surface area (Å²) in [6.45, 7) is 5.80. The van der Waals surface area contributed by atoms with Crippen molar-refractivity contribution in [3.63, 3.8) is 0 Å². The number of fused-ring (bicyclic) bond motifs is 2. The Labute approximate surface area is 223 Å². The SMILES string of the molecule is CC(C)n1oc(=O)nc1C1(C[C@H](C)N)c2ccc(C(=O)N(C)C)cc2CCc2cc(C(=O)N(C)C)ccc21. The smallest absolute Gasteiger partial charge is 0.345 e. The van der Waals surface area contributed by atoms with E-state index >= 15 is 0 Å². The molecule has 2 N–H and O–H groups in total. The number of hydrogen-bond acceptors (Lipinski definition) is 6. The number of nitrogens with two attached hydrogens (primary N) is 1. The summed E-state index contributed by atoms with van der Waals surface area (Å²) in [6.07, 6.45) is 1.72. The molecule has 1 aromatic heterocycles. The molecule has 0 aliphatic heterocycles. The molecule has 0 saturated carbocycles. The molecule has 0 spiro atoms. The van der Waals surface area contributed by atoms with E-state index in [0.717, 1.165) is 22.3 Å². The standard InChI is InChI=1S/C29H37N5O4/c1-17(2)34-27(31-28(37)38-34)29(16-18(3)30)23-12-10-21(25(35)32(4)5)14-19(23)8-9-20-15-22(11-13-24(20)29)26(36)33(6)7/h10-15,17-18H,8-9,16,30H2,1-7H3/t18-/m0/s1. The Morgan fingerprint density at radius 1 is 0.947 bits per heavy atom. The molecule has 0 radical (unpaired) electrons. The van der Waals surface area contributed by atoms with Gasteiger partial charge in [0.05, 0.1) is 11.5 Å². The topological polar surface area (TPSA) is 115 Å². The van der Waals surface area contributed by atoms with E-state index in [2.05, 4.69) is 4.98 Å². The summed E-state index contributed by atoms with van der Waals surface area (Å²) < 4.78 is 7.15. The Morgan fingerprint density at radius 2 is 1.42 bits per heavy atom. The first-order valence-corrected chi connectivity index (χ1v) is 12.9. The molecule has 2 aromatic carbocycles. The van der Waals surface area contributed by atoms with Crippen LogP contribution in [0.2, 0.25) is 0 Å². The summed E-state index contributed by atoms with van der Waals surface area (Å²) in [5, 5.41) is 0. The molecule has 3 aromatic rings. The Hall–Kier alpha value is -3.72. The maximum Gasteiger partial charge on any atom is 0.459 e. The average molecular weight is 520 g/mol. The molecule has 0 bridgehead atoms. The van der Waals surface area contributed by atoms with Gasteiger partial charge in [-0.25, -0.2) is 4.79 Å². The minimum atomic E-state index is -0.939. The summed E-state index contributed by atoms with van der Waals surface area (Å²) in [4.78, 5) is 45.9. The largest absolute Gasteiger partial charge is 0.459 e. The summed E-state index contributed by atoms with van der Waals surface area (Å²) in [6, 6.07) is 11.0. The predicted molar refractivity (Wildman–Crippen MR) is 146 cm³/mol. The van der Waals surface area contributed by atoms with Crippen LogP contribution in [0.4, 0.5) is 0 Å². The Bertz CT molecular complexity index is 1360. The van der Waals surface area contributed by atoms with Crippen LogP contribution in [0.25, 0.3) is 0 Å². The lowest BCUT2D eigenvalue weighted by Gasteiger charge is -2.37. The van der Waals surface area contributed by atoms with Gasteiger partial charge < -0.3 is 20.1 Å². The van der Waals surface area contributed by atoms with Crippen molar-refractivity contribution in [3.8, 4) is 0 Å². The van der Waals surface area contributed by atoms with Gasteiger partial charge in [0.15, 0.2) is 5.82 Å². The first kappa shape index (κ1) is 27.3. The fourth-order valence-electron chi connectivity index (χ4n) is 5.58. The highest BCUT2D eigenvalue weighted by Crippen LogP contribution is 2.47. The minimum Gasteiger partial charge on any atom is -0.345 e. The number of nitrogens with zero attached hydrogens (tertiary/aromatic N) is 4. The van der Waals surface area contributed by atoms with Crippen molar-refractivity contribution >= 4 is 11.8 Å². The van der Waals surface area contributed by atoms with E-state index in [4.69, 9.17) is 10.3 Å².